The molecule has 0 aromatic heterocycles. The summed E-state index contributed by atoms with van der Waals surface area (Å²) in [7, 11) is 1.53. The number of hydrogen-bond donors (Lipinski definition) is 2. The lowest BCUT2D eigenvalue weighted by Gasteiger charge is -2.15. The van der Waals surface area contributed by atoms with Gasteiger partial charge in [-0.25, -0.2) is 0 Å². The zero-order chi connectivity index (χ0) is 17.0. The molecule has 0 aliphatic heterocycles. The Labute approximate surface area is 149 Å². The number of ether oxygens (including phenoxy) is 1. The van der Waals surface area contributed by atoms with Gasteiger partial charge in [0.2, 0.25) is 0 Å². The molecule has 0 saturated carbocycles. The number of thiocarbonyl (C=S) groups is 1. The Morgan fingerprint density at radius 3 is 2.39 bits per heavy atom. The minimum absolute atomic E-state index is 0.245. The molecule has 1 amide bonds. The maximum Gasteiger partial charge on any atom is 0.261 e. The van der Waals surface area contributed by atoms with Crippen LogP contribution in [0.1, 0.15) is 21.5 Å². The van der Waals surface area contributed by atoms with E-state index in [2.05, 4.69) is 26.6 Å². The van der Waals surface area contributed by atoms with Crippen LogP contribution in [0.2, 0.25) is 0 Å². The van der Waals surface area contributed by atoms with Crippen LogP contribution < -0.4 is 15.4 Å². The Bertz CT molecular complexity index is 739. The van der Waals surface area contributed by atoms with Crippen molar-refractivity contribution in [2.24, 2.45) is 0 Å². The Morgan fingerprint density at radius 2 is 1.78 bits per heavy atom. The SMILES string of the molecule is COc1ccccc1C(=O)NC(=S)Nc1c(C)cc(Br)cc1C. The number of rotatable bonds is 3. The van der Waals surface area contributed by atoms with Gasteiger partial charge in [-0.3, -0.25) is 10.1 Å². The summed E-state index contributed by atoms with van der Waals surface area (Å²) in [4.78, 5) is 12.3. The third-order valence-corrected chi connectivity index (χ3v) is 3.98. The molecule has 0 heterocycles. The maximum atomic E-state index is 12.3. The van der Waals surface area contributed by atoms with Gasteiger partial charge >= 0.3 is 0 Å². The smallest absolute Gasteiger partial charge is 0.261 e. The molecule has 0 spiro atoms. The van der Waals surface area contributed by atoms with Crippen molar-refractivity contribution in [2.75, 3.05) is 12.4 Å². The molecule has 0 unspecified atom stereocenters. The molecule has 6 heteroatoms. The van der Waals surface area contributed by atoms with Gasteiger partial charge in [-0.05, 0) is 61.5 Å². The highest BCUT2D eigenvalue weighted by Crippen LogP contribution is 2.25. The molecule has 0 radical (unpaired) electrons. The summed E-state index contributed by atoms with van der Waals surface area (Å²) in [6, 6.07) is 11.0. The molecule has 23 heavy (non-hydrogen) atoms. The first-order chi connectivity index (χ1) is 10.9. The van der Waals surface area contributed by atoms with E-state index in [0.29, 0.717) is 11.3 Å². The van der Waals surface area contributed by atoms with Crippen molar-refractivity contribution in [3.05, 3.63) is 57.6 Å². The van der Waals surface area contributed by atoms with Gasteiger partial charge in [0.15, 0.2) is 5.11 Å². The van der Waals surface area contributed by atoms with Crippen LogP contribution in [0.3, 0.4) is 0 Å². The molecule has 2 N–H and O–H groups in total. The number of aryl methyl sites for hydroxylation is 2. The van der Waals surface area contributed by atoms with E-state index in [-0.39, 0.29) is 11.0 Å². The van der Waals surface area contributed by atoms with Crippen molar-refractivity contribution < 1.29 is 9.53 Å². The molecular weight excluding hydrogens is 376 g/mol. The predicted molar refractivity (Wildman–Crippen MR) is 100 cm³/mol. The van der Waals surface area contributed by atoms with E-state index in [4.69, 9.17) is 17.0 Å². The number of para-hydroxylation sites is 1. The lowest BCUT2D eigenvalue weighted by molar-refractivity contribution is 0.0975. The van der Waals surface area contributed by atoms with Crippen molar-refractivity contribution in [3.8, 4) is 5.75 Å². The van der Waals surface area contributed by atoms with Crippen LogP contribution in [-0.4, -0.2) is 18.1 Å². The van der Waals surface area contributed by atoms with Gasteiger partial charge < -0.3 is 10.1 Å². The molecule has 2 aromatic rings. The van der Waals surface area contributed by atoms with E-state index in [9.17, 15) is 4.79 Å². The highest BCUT2D eigenvalue weighted by Gasteiger charge is 2.14. The predicted octanol–water partition coefficient (Wildman–Crippen LogP) is 4.20. The summed E-state index contributed by atoms with van der Waals surface area (Å²) < 4.78 is 6.19. The molecule has 0 aliphatic rings. The standard InChI is InChI=1S/C17H17BrN2O2S/c1-10-8-12(18)9-11(2)15(10)19-17(23)20-16(21)13-6-4-5-7-14(13)22-3/h4-9H,1-3H3,(H2,19,20,21,23). The second kappa shape index (κ2) is 7.57. The summed E-state index contributed by atoms with van der Waals surface area (Å²) in [5.41, 5.74) is 3.39. The van der Waals surface area contributed by atoms with Crippen molar-refractivity contribution in [3.63, 3.8) is 0 Å². The highest BCUT2D eigenvalue weighted by atomic mass is 79.9. The zero-order valence-corrected chi connectivity index (χ0v) is 15.5. The van der Waals surface area contributed by atoms with Crippen molar-refractivity contribution in [2.45, 2.75) is 13.8 Å². The summed E-state index contributed by atoms with van der Waals surface area (Å²) >= 11 is 8.70. The molecule has 120 valence electrons. The Morgan fingerprint density at radius 1 is 1.17 bits per heavy atom. The second-order valence-electron chi connectivity index (χ2n) is 5.02. The number of anilines is 1. The van der Waals surface area contributed by atoms with Gasteiger partial charge in [-0.1, -0.05) is 28.1 Å². The van der Waals surface area contributed by atoms with E-state index < -0.39 is 0 Å². The third-order valence-electron chi connectivity index (χ3n) is 3.31. The number of benzene rings is 2. The van der Waals surface area contributed by atoms with Crippen molar-refractivity contribution in [1.29, 1.82) is 0 Å². The quantitative estimate of drug-likeness (QED) is 0.768. The minimum atomic E-state index is -0.313. The molecule has 2 aromatic carbocycles. The Hall–Kier alpha value is -1.92. The minimum Gasteiger partial charge on any atom is -0.496 e. The summed E-state index contributed by atoms with van der Waals surface area (Å²) in [5.74, 6) is 0.191. The molecule has 0 fully saturated rings. The van der Waals surface area contributed by atoms with Gasteiger partial charge in [-0.15, -0.1) is 0 Å². The van der Waals surface area contributed by atoms with Crippen LogP contribution >= 0.6 is 28.1 Å². The van der Waals surface area contributed by atoms with Crippen molar-refractivity contribution >= 4 is 44.9 Å². The van der Waals surface area contributed by atoms with Crippen molar-refractivity contribution in [1.82, 2.24) is 5.32 Å². The first kappa shape index (κ1) is 17.4. The van der Waals surface area contributed by atoms with Gasteiger partial charge in [0.25, 0.3) is 5.91 Å². The van der Waals surface area contributed by atoms with E-state index in [0.717, 1.165) is 21.3 Å². The first-order valence-corrected chi connectivity index (χ1v) is 8.14. The first-order valence-electron chi connectivity index (χ1n) is 6.94. The van der Waals surface area contributed by atoms with Gasteiger partial charge in [0.05, 0.1) is 12.7 Å². The molecule has 0 aliphatic carbocycles. The number of nitrogens with one attached hydrogen (secondary N) is 2. The van der Waals surface area contributed by atoms with Crippen LogP contribution in [0.4, 0.5) is 5.69 Å². The second-order valence-corrected chi connectivity index (χ2v) is 6.35. The lowest BCUT2D eigenvalue weighted by atomic mass is 10.1. The molecule has 2 rings (SSSR count). The summed E-state index contributed by atoms with van der Waals surface area (Å²) in [6.45, 7) is 3.95. The van der Waals surface area contributed by atoms with Gasteiger partial charge in [-0.2, -0.15) is 0 Å². The number of carbonyl (C=O) groups excluding carboxylic acids is 1. The lowest BCUT2D eigenvalue weighted by Crippen LogP contribution is -2.34. The monoisotopic (exact) mass is 392 g/mol. The van der Waals surface area contributed by atoms with Crippen LogP contribution in [-0.2, 0) is 0 Å². The molecule has 0 saturated heterocycles. The number of methoxy groups -OCH3 is 1. The van der Waals surface area contributed by atoms with E-state index in [1.165, 1.54) is 7.11 Å². The molecule has 0 bridgehead atoms. The zero-order valence-electron chi connectivity index (χ0n) is 13.1. The summed E-state index contributed by atoms with van der Waals surface area (Å²) in [5, 5.41) is 6.00. The Kier molecular flexibility index (Phi) is 5.74. The topological polar surface area (TPSA) is 50.4 Å². The van der Waals surface area contributed by atoms with E-state index >= 15 is 0 Å². The average molecular weight is 393 g/mol. The molecule has 0 atom stereocenters. The Balaban J connectivity index is 2.12. The number of carbonyl (C=O) groups is 1. The average Bonchev–Trinajstić information content (AvgIpc) is 2.50. The van der Waals surface area contributed by atoms with E-state index in [1.54, 1.807) is 24.3 Å². The van der Waals surface area contributed by atoms with Crippen LogP contribution in [0, 0.1) is 13.8 Å². The van der Waals surface area contributed by atoms with E-state index in [1.807, 2.05) is 26.0 Å². The number of amides is 1. The molecular formula is C17H17BrN2O2S. The van der Waals surface area contributed by atoms with Crippen LogP contribution in [0.15, 0.2) is 40.9 Å². The maximum absolute atomic E-state index is 12.3. The largest absolute Gasteiger partial charge is 0.496 e. The van der Waals surface area contributed by atoms with Crippen LogP contribution in [0.25, 0.3) is 0 Å². The number of hydrogen-bond acceptors (Lipinski definition) is 3. The highest BCUT2D eigenvalue weighted by molar-refractivity contribution is 9.10. The third kappa shape index (κ3) is 4.30. The fourth-order valence-corrected chi connectivity index (χ4v) is 3.14. The number of halogens is 1. The molecule has 4 nitrogen and oxygen atoms in total. The fraction of sp³-hybridized carbons (Fsp3) is 0.176. The normalized spacial score (nSPS) is 10.1. The van der Waals surface area contributed by atoms with Gasteiger partial charge in [0.1, 0.15) is 5.75 Å². The fourth-order valence-electron chi connectivity index (χ4n) is 2.26. The van der Waals surface area contributed by atoms with Crippen LogP contribution in [0.5, 0.6) is 5.75 Å². The van der Waals surface area contributed by atoms with Gasteiger partial charge in [0, 0.05) is 10.2 Å². The summed E-state index contributed by atoms with van der Waals surface area (Å²) in [6.07, 6.45) is 0.